The molecule has 0 unspecified atom stereocenters. The molecule has 5 heteroatoms. The smallest absolute Gasteiger partial charge is 0.423 e. The van der Waals surface area contributed by atoms with E-state index in [1.54, 1.807) is 24.3 Å². The zero-order chi connectivity index (χ0) is 8.97. The number of hydrogen-bond acceptors (Lipinski definition) is 4. The Kier molecular flexibility index (Phi) is 2.84. The summed E-state index contributed by atoms with van der Waals surface area (Å²) in [6.07, 6.45) is 1.44. The molecule has 62 valence electrons. The Morgan fingerprint density at radius 2 is 2.17 bits per heavy atom. The highest BCUT2D eigenvalue weighted by Crippen LogP contribution is 1.92. The van der Waals surface area contributed by atoms with E-state index < -0.39 is 7.12 Å². The fourth-order valence-electron chi connectivity index (χ4n) is 0.886. The second kappa shape index (κ2) is 3.89. The van der Waals surface area contributed by atoms with Crippen LogP contribution in [0, 0.1) is 0 Å². The second-order valence-corrected chi connectivity index (χ2v) is 2.32. The minimum atomic E-state index is -1.45. The SMILES string of the molecule is NN=Cc1cccc(B(O)O)c1. The Morgan fingerprint density at radius 3 is 2.75 bits per heavy atom. The summed E-state index contributed by atoms with van der Waals surface area (Å²) in [6, 6.07) is 6.67. The summed E-state index contributed by atoms with van der Waals surface area (Å²) in [7, 11) is -1.45. The standard InChI is InChI=1S/C7H9BN2O2/c9-10-5-6-2-1-3-7(4-6)8(11)12/h1-5,11-12H,9H2. The van der Waals surface area contributed by atoms with E-state index in [0.717, 1.165) is 5.56 Å². The third-order valence-corrected chi connectivity index (χ3v) is 1.43. The van der Waals surface area contributed by atoms with Crippen molar-refractivity contribution in [3.8, 4) is 0 Å². The molecule has 1 aromatic carbocycles. The van der Waals surface area contributed by atoms with E-state index in [2.05, 4.69) is 5.10 Å². The van der Waals surface area contributed by atoms with Gasteiger partial charge >= 0.3 is 7.12 Å². The molecule has 0 bridgehead atoms. The van der Waals surface area contributed by atoms with Gasteiger partial charge in [-0.25, -0.2) is 0 Å². The summed E-state index contributed by atoms with van der Waals surface area (Å²) in [5, 5.41) is 20.9. The van der Waals surface area contributed by atoms with Gasteiger partial charge in [-0.3, -0.25) is 0 Å². The van der Waals surface area contributed by atoms with Crippen molar-refractivity contribution in [2.45, 2.75) is 0 Å². The molecule has 0 spiro atoms. The fraction of sp³-hybridized carbons (Fsp3) is 0. The van der Waals surface area contributed by atoms with E-state index >= 15 is 0 Å². The maximum Gasteiger partial charge on any atom is 0.488 e. The van der Waals surface area contributed by atoms with Crippen LogP contribution in [0.15, 0.2) is 29.4 Å². The topological polar surface area (TPSA) is 78.8 Å². The molecule has 0 aliphatic carbocycles. The van der Waals surface area contributed by atoms with Crippen LogP contribution in [0.2, 0.25) is 0 Å². The summed E-state index contributed by atoms with van der Waals surface area (Å²) in [4.78, 5) is 0. The van der Waals surface area contributed by atoms with Gasteiger partial charge in [-0.2, -0.15) is 5.10 Å². The van der Waals surface area contributed by atoms with Crippen LogP contribution in [0.3, 0.4) is 0 Å². The molecule has 0 aromatic heterocycles. The molecule has 4 N–H and O–H groups in total. The van der Waals surface area contributed by atoms with Crippen molar-refractivity contribution in [3.05, 3.63) is 29.8 Å². The Balaban J connectivity index is 2.95. The summed E-state index contributed by atoms with van der Waals surface area (Å²) < 4.78 is 0. The van der Waals surface area contributed by atoms with Crippen molar-refractivity contribution < 1.29 is 10.0 Å². The lowest BCUT2D eigenvalue weighted by molar-refractivity contribution is 0.426. The van der Waals surface area contributed by atoms with Crippen LogP contribution < -0.4 is 11.3 Å². The van der Waals surface area contributed by atoms with Crippen LogP contribution >= 0.6 is 0 Å². The highest BCUT2D eigenvalue weighted by molar-refractivity contribution is 6.58. The van der Waals surface area contributed by atoms with E-state index in [4.69, 9.17) is 15.9 Å². The number of hydrazone groups is 1. The average Bonchev–Trinajstić information content (AvgIpc) is 2.05. The molecule has 0 radical (unpaired) electrons. The fourth-order valence-corrected chi connectivity index (χ4v) is 0.886. The zero-order valence-electron chi connectivity index (χ0n) is 6.38. The molecular formula is C7H9BN2O2. The molecule has 0 saturated carbocycles. The average molecular weight is 164 g/mol. The van der Waals surface area contributed by atoms with Crippen LogP contribution in [-0.2, 0) is 0 Å². The van der Waals surface area contributed by atoms with Gasteiger partial charge in [-0.1, -0.05) is 24.3 Å². The summed E-state index contributed by atoms with van der Waals surface area (Å²) >= 11 is 0. The van der Waals surface area contributed by atoms with Crippen molar-refractivity contribution >= 4 is 18.8 Å². The van der Waals surface area contributed by atoms with Gasteiger partial charge in [0.25, 0.3) is 0 Å². The lowest BCUT2D eigenvalue weighted by Crippen LogP contribution is -2.29. The third-order valence-electron chi connectivity index (χ3n) is 1.43. The number of nitrogens with zero attached hydrogens (tertiary/aromatic N) is 1. The molecule has 1 rings (SSSR count). The van der Waals surface area contributed by atoms with Crippen LogP contribution in [0.4, 0.5) is 0 Å². The highest BCUT2D eigenvalue weighted by Gasteiger charge is 2.09. The Bertz CT molecular complexity index is 288. The zero-order valence-corrected chi connectivity index (χ0v) is 6.38. The maximum atomic E-state index is 8.80. The molecule has 12 heavy (non-hydrogen) atoms. The molecule has 4 nitrogen and oxygen atoms in total. The van der Waals surface area contributed by atoms with Crippen molar-refractivity contribution in [2.24, 2.45) is 10.9 Å². The van der Waals surface area contributed by atoms with Gasteiger partial charge in [0.1, 0.15) is 0 Å². The quantitative estimate of drug-likeness (QED) is 0.219. The van der Waals surface area contributed by atoms with Gasteiger partial charge in [0.2, 0.25) is 0 Å². The highest BCUT2D eigenvalue weighted by atomic mass is 16.4. The molecule has 0 amide bonds. The number of nitrogens with two attached hydrogens (primary N) is 1. The van der Waals surface area contributed by atoms with Crippen LogP contribution in [0.1, 0.15) is 5.56 Å². The van der Waals surface area contributed by atoms with E-state index in [1.807, 2.05) is 0 Å². The molecular weight excluding hydrogens is 155 g/mol. The minimum absolute atomic E-state index is 0.424. The first-order valence-corrected chi connectivity index (χ1v) is 3.43. The molecule has 0 heterocycles. The van der Waals surface area contributed by atoms with Crippen molar-refractivity contribution in [2.75, 3.05) is 0 Å². The second-order valence-electron chi connectivity index (χ2n) is 2.32. The summed E-state index contributed by atoms with van der Waals surface area (Å²) in [6.45, 7) is 0. The van der Waals surface area contributed by atoms with Crippen LogP contribution in [0.5, 0.6) is 0 Å². The lowest BCUT2D eigenvalue weighted by atomic mass is 9.80. The van der Waals surface area contributed by atoms with Crippen LogP contribution in [-0.4, -0.2) is 23.4 Å². The number of rotatable bonds is 2. The van der Waals surface area contributed by atoms with E-state index in [-0.39, 0.29) is 0 Å². The largest absolute Gasteiger partial charge is 0.488 e. The first-order chi connectivity index (χ1) is 5.74. The molecule has 0 atom stereocenters. The van der Waals surface area contributed by atoms with E-state index in [1.165, 1.54) is 6.21 Å². The third kappa shape index (κ3) is 2.08. The van der Waals surface area contributed by atoms with Gasteiger partial charge < -0.3 is 15.9 Å². The van der Waals surface area contributed by atoms with E-state index in [9.17, 15) is 0 Å². The van der Waals surface area contributed by atoms with Crippen molar-refractivity contribution in [3.63, 3.8) is 0 Å². The van der Waals surface area contributed by atoms with Crippen LogP contribution in [0.25, 0.3) is 0 Å². The first-order valence-electron chi connectivity index (χ1n) is 3.43. The maximum absolute atomic E-state index is 8.80. The Labute approximate surface area is 70.5 Å². The molecule has 1 aromatic rings. The molecule has 0 saturated heterocycles. The lowest BCUT2D eigenvalue weighted by Gasteiger charge is -1.98. The predicted octanol–water partition coefficient (Wildman–Crippen LogP) is -1.34. The summed E-state index contributed by atoms with van der Waals surface area (Å²) in [5.41, 5.74) is 1.16. The number of hydrogen-bond donors (Lipinski definition) is 3. The van der Waals surface area contributed by atoms with Crippen molar-refractivity contribution in [1.82, 2.24) is 0 Å². The van der Waals surface area contributed by atoms with E-state index in [0.29, 0.717) is 5.46 Å². The van der Waals surface area contributed by atoms with Gasteiger partial charge in [0.15, 0.2) is 0 Å². The first kappa shape index (κ1) is 8.77. The minimum Gasteiger partial charge on any atom is -0.423 e. The predicted molar refractivity (Wildman–Crippen MR) is 48.0 cm³/mol. The summed E-state index contributed by atoms with van der Waals surface area (Å²) in [5.74, 6) is 4.93. The van der Waals surface area contributed by atoms with Crippen molar-refractivity contribution in [1.29, 1.82) is 0 Å². The van der Waals surface area contributed by atoms with Gasteiger partial charge in [-0.15, -0.1) is 0 Å². The molecule has 0 aliphatic heterocycles. The number of benzene rings is 1. The Morgan fingerprint density at radius 1 is 1.42 bits per heavy atom. The van der Waals surface area contributed by atoms with Gasteiger partial charge in [0, 0.05) is 0 Å². The van der Waals surface area contributed by atoms with Gasteiger partial charge in [0.05, 0.1) is 6.21 Å². The molecule has 0 aliphatic rings. The molecule has 0 fully saturated rings. The monoisotopic (exact) mass is 164 g/mol. The van der Waals surface area contributed by atoms with Gasteiger partial charge in [-0.05, 0) is 11.0 Å². The Hall–Kier alpha value is -1.33. The normalized spacial score (nSPS) is 10.5.